The minimum Gasteiger partial charge on any atom is -0.492 e. The van der Waals surface area contributed by atoms with Gasteiger partial charge in [-0.05, 0) is 30.9 Å². The third-order valence-corrected chi connectivity index (χ3v) is 3.94. The summed E-state index contributed by atoms with van der Waals surface area (Å²) in [6.07, 6.45) is 7.58. The van der Waals surface area contributed by atoms with E-state index in [0.717, 1.165) is 23.6 Å². The molecule has 7 heteroatoms. The molecule has 0 spiro atoms. The van der Waals surface area contributed by atoms with Gasteiger partial charge in [0.1, 0.15) is 5.69 Å². The Labute approximate surface area is 132 Å². The summed E-state index contributed by atoms with van der Waals surface area (Å²) in [5.41, 5.74) is 2.21. The van der Waals surface area contributed by atoms with Crippen LogP contribution in [0.5, 0.6) is 5.88 Å². The average molecular weight is 316 g/mol. The van der Waals surface area contributed by atoms with Crippen molar-refractivity contribution in [3.63, 3.8) is 0 Å². The quantitative estimate of drug-likeness (QED) is 0.808. The Morgan fingerprint density at radius 2 is 2.32 bits per heavy atom. The number of allylic oxidation sites excluding steroid dienone is 1. The van der Waals surface area contributed by atoms with Crippen molar-refractivity contribution in [1.29, 1.82) is 0 Å². The van der Waals surface area contributed by atoms with Crippen molar-refractivity contribution in [1.82, 2.24) is 15.0 Å². The van der Waals surface area contributed by atoms with Crippen LogP contribution in [0.2, 0.25) is 5.02 Å². The van der Waals surface area contributed by atoms with Gasteiger partial charge in [0.2, 0.25) is 11.8 Å². The van der Waals surface area contributed by atoms with Gasteiger partial charge < -0.3 is 15.4 Å². The number of rotatable bonds is 4. The number of halogens is 1. The molecule has 1 fully saturated rings. The molecule has 0 radical (unpaired) electrons. The first-order valence-electron chi connectivity index (χ1n) is 7.13. The van der Waals surface area contributed by atoms with Crippen LogP contribution in [0.3, 0.4) is 0 Å². The molecule has 0 aromatic carbocycles. The summed E-state index contributed by atoms with van der Waals surface area (Å²) >= 11 is 5.98. The lowest BCUT2D eigenvalue weighted by Crippen LogP contribution is -2.04. The van der Waals surface area contributed by atoms with Gasteiger partial charge in [-0.1, -0.05) is 11.6 Å². The number of nitrogens with zero attached hydrogens (tertiary/aromatic N) is 3. The number of fused-ring (bicyclic) bond motifs is 1. The molecule has 4 rings (SSSR count). The fraction of sp³-hybridized carbons (Fsp3) is 0.267. The molecule has 0 amide bonds. The number of anilines is 1. The number of hydrogen-bond donors (Lipinski definition) is 3. The molecule has 2 aromatic rings. The van der Waals surface area contributed by atoms with Gasteiger partial charge in [0.05, 0.1) is 5.02 Å². The maximum Gasteiger partial charge on any atom is 0.238 e. The molecule has 1 saturated carbocycles. The summed E-state index contributed by atoms with van der Waals surface area (Å²) in [4.78, 5) is 15.5. The third kappa shape index (κ3) is 2.57. The van der Waals surface area contributed by atoms with E-state index < -0.39 is 0 Å². The molecule has 112 valence electrons. The molecule has 22 heavy (non-hydrogen) atoms. The molecule has 3 heterocycles. The number of aliphatic imine (C=N–C) groups is 1. The van der Waals surface area contributed by atoms with Crippen molar-refractivity contribution in [2.75, 3.05) is 11.9 Å². The monoisotopic (exact) mass is 315 g/mol. The number of pyridine rings is 1. The molecule has 1 aliphatic carbocycles. The summed E-state index contributed by atoms with van der Waals surface area (Å²) in [6, 6.07) is 1.81. The minimum absolute atomic E-state index is 0.0392. The Balaban J connectivity index is 1.61. The van der Waals surface area contributed by atoms with Crippen LogP contribution in [0.25, 0.3) is 11.6 Å². The van der Waals surface area contributed by atoms with Gasteiger partial charge in [-0.2, -0.15) is 4.98 Å². The molecule has 0 unspecified atom stereocenters. The van der Waals surface area contributed by atoms with E-state index in [1.807, 2.05) is 6.07 Å². The number of aromatic nitrogens is 3. The van der Waals surface area contributed by atoms with E-state index in [9.17, 15) is 5.11 Å². The van der Waals surface area contributed by atoms with Crippen LogP contribution in [-0.2, 0) is 0 Å². The van der Waals surface area contributed by atoms with Crippen molar-refractivity contribution >= 4 is 41.2 Å². The summed E-state index contributed by atoms with van der Waals surface area (Å²) in [7, 11) is 0. The fourth-order valence-electron chi connectivity index (χ4n) is 2.34. The zero-order valence-electron chi connectivity index (χ0n) is 11.7. The molecule has 2 aliphatic rings. The SMILES string of the molecule is Oc1nc(NCC2CC2)[nH]c1C=C1C=Nc2ncc(Cl)cc21. The van der Waals surface area contributed by atoms with Crippen molar-refractivity contribution < 1.29 is 5.11 Å². The number of aromatic hydroxyl groups is 1. The van der Waals surface area contributed by atoms with E-state index in [4.69, 9.17) is 11.6 Å². The first-order chi connectivity index (χ1) is 10.7. The number of aromatic amines is 1. The van der Waals surface area contributed by atoms with E-state index >= 15 is 0 Å². The molecule has 0 bridgehead atoms. The zero-order chi connectivity index (χ0) is 15.1. The van der Waals surface area contributed by atoms with E-state index in [2.05, 4.69) is 25.3 Å². The number of hydrogen-bond acceptors (Lipinski definition) is 5. The molecular formula is C15H14ClN5O. The average Bonchev–Trinajstić information content (AvgIpc) is 3.16. The summed E-state index contributed by atoms with van der Waals surface area (Å²) in [5, 5.41) is 13.7. The lowest BCUT2D eigenvalue weighted by atomic mass is 10.1. The molecule has 1 aliphatic heterocycles. The highest BCUT2D eigenvalue weighted by Crippen LogP contribution is 2.34. The van der Waals surface area contributed by atoms with Gasteiger partial charge in [0.25, 0.3) is 0 Å². The predicted octanol–water partition coefficient (Wildman–Crippen LogP) is 3.24. The van der Waals surface area contributed by atoms with Crippen LogP contribution in [0.1, 0.15) is 24.1 Å². The van der Waals surface area contributed by atoms with E-state index in [0.29, 0.717) is 22.5 Å². The van der Waals surface area contributed by atoms with Crippen molar-refractivity contribution in [2.45, 2.75) is 12.8 Å². The predicted molar refractivity (Wildman–Crippen MR) is 86.7 cm³/mol. The summed E-state index contributed by atoms with van der Waals surface area (Å²) in [5.74, 6) is 1.90. The normalized spacial score (nSPS) is 18.0. The lowest BCUT2D eigenvalue weighted by Gasteiger charge is -2.00. The maximum atomic E-state index is 9.96. The van der Waals surface area contributed by atoms with Crippen molar-refractivity contribution in [2.24, 2.45) is 10.9 Å². The Kier molecular flexibility index (Phi) is 3.11. The minimum atomic E-state index is -0.0392. The zero-order valence-corrected chi connectivity index (χ0v) is 12.4. The molecular weight excluding hydrogens is 302 g/mol. The fourth-order valence-corrected chi connectivity index (χ4v) is 2.50. The second-order valence-electron chi connectivity index (χ2n) is 5.53. The van der Waals surface area contributed by atoms with Gasteiger partial charge in [-0.3, -0.25) is 0 Å². The van der Waals surface area contributed by atoms with E-state index in [1.165, 1.54) is 12.8 Å². The first kappa shape index (κ1) is 13.3. The molecule has 0 saturated heterocycles. The Morgan fingerprint density at radius 3 is 3.14 bits per heavy atom. The molecule has 2 aromatic heterocycles. The third-order valence-electron chi connectivity index (χ3n) is 3.74. The van der Waals surface area contributed by atoms with Gasteiger partial charge in [-0.25, -0.2) is 9.98 Å². The van der Waals surface area contributed by atoms with Crippen LogP contribution in [0, 0.1) is 5.92 Å². The number of imidazole rings is 1. The number of H-pyrrole nitrogens is 1. The Hall–Kier alpha value is -2.34. The van der Waals surface area contributed by atoms with E-state index in [1.54, 1.807) is 18.5 Å². The Bertz CT molecular complexity index is 791. The highest BCUT2D eigenvalue weighted by atomic mass is 35.5. The maximum absolute atomic E-state index is 9.96. The second kappa shape index (κ2) is 5.14. The van der Waals surface area contributed by atoms with Gasteiger partial charge in [0, 0.05) is 30.1 Å². The van der Waals surface area contributed by atoms with Crippen molar-refractivity contribution in [3.05, 3.63) is 28.5 Å². The smallest absolute Gasteiger partial charge is 0.238 e. The highest BCUT2D eigenvalue weighted by molar-refractivity contribution is 6.31. The van der Waals surface area contributed by atoms with Crippen LogP contribution < -0.4 is 5.32 Å². The molecule has 6 nitrogen and oxygen atoms in total. The van der Waals surface area contributed by atoms with Gasteiger partial charge >= 0.3 is 0 Å². The highest BCUT2D eigenvalue weighted by Gasteiger charge is 2.21. The largest absolute Gasteiger partial charge is 0.492 e. The lowest BCUT2D eigenvalue weighted by molar-refractivity contribution is 0.455. The van der Waals surface area contributed by atoms with Gasteiger partial charge in [0.15, 0.2) is 5.82 Å². The van der Waals surface area contributed by atoms with E-state index in [-0.39, 0.29) is 5.88 Å². The standard InChI is InChI=1S/C15H14ClN5O/c16-10-4-11-9(6-17-13(11)18-7-10)3-12-14(22)21-15(20-12)19-5-8-1-2-8/h3-4,6-8,22H,1-2,5H2,(H2,19,20,21). The van der Waals surface area contributed by atoms with Crippen LogP contribution in [0.4, 0.5) is 11.8 Å². The summed E-state index contributed by atoms with van der Waals surface area (Å²) < 4.78 is 0. The van der Waals surface area contributed by atoms with Crippen LogP contribution in [-0.4, -0.2) is 32.8 Å². The second-order valence-corrected chi connectivity index (χ2v) is 5.97. The number of nitrogens with one attached hydrogen (secondary N) is 2. The topological polar surface area (TPSA) is 86.2 Å². The Morgan fingerprint density at radius 1 is 1.45 bits per heavy atom. The first-order valence-corrected chi connectivity index (χ1v) is 7.51. The van der Waals surface area contributed by atoms with Crippen molar-refractivity contribution in [3.8, 4) is 5.88 Å². The molecule has 0 atom stereocenters. The van der Waals surface area contributed by atoms with Crippen LogP contribution >= 0.6 is 11.6 Å². The van der Waals surface area contributed by atoms with Gasteiger partial charge in [-0.15, -0.1) is 0 Å². The van der Waals surface area contributed by atoms with Crippen LogP contribution in [0.15, 0.2) is 17.3 Å². The summed E-state index contributed by atoms with van der Waals surface area (Å²) in [6.45, 7) is 0.882. The molecule has 3 N–H and O–H groups in total.